The topological polar surface area (TPSA) is 58.5 Å². The highest BCUT2D eigenvalue weighted by molar-refractivity contribution is 7.17. The molecule has 7 heteroatoms. The second kappa shape index (κ2) is 10.6. The lowest BCUT2D eigenvalue weighted by Crippen LogP contribution is -2.30. The van der Waals surface area contributed by atoms with Gasteiger partial charge in [0.05, 0.1) is 28.2 Å². The van der Waals surface area contributed by atoms with Crippen LogP contribution in [0.5, 0.6) is 5.75 Å². The van der Waals surface area contributed by atoms with E-state index in [1.807, 2.05) is 23.7 Å². The molecule has 37 heavy (non-hydrogen) atoms. The van der Waals surface area contributed by atoms with E-state index in [2.05, 4.69) is 63.4 Å². The molecule has 1 saturated heterocycles. The van der Waals surface area contributed by atoms with E-state index < -0.39 is 0 Å². The fraction of sp³-hybridized carbons (Fsp3) is 0.367. The molecule has 4 aromatic rings. The first kappa shape index (κ1) is 24.1. The average Bonchev–Trinajstić information content (AvgIpc) is 3.52. The minimum atomic E-state index is -0.0694. The first-order chi connectivity index (χ1) is 18.2. The number of nitrogens with one attached hydrogen (secondary N) is 2. The number of rotatable bonds is 7. The number of anilines is 2. The lowest BCUT2D eigenvalue weighted by molar-refractivity contribution is 0.102. The molecule has 2 N–H and O–H groups in total. The summed E-state index contributed by atoms with van der Waals surface area (Å²) in [5.41, 5.74) is 6.33. The summed E-state index contributed by atoms with van der Waals surface area (Å²) in [6.07, 6.45) is 4.51. The van der Waals surface area contributed by atoms with E-state index in [0.29, 0.717) is 11.6 Å². The highest BCUT2D eigenvalue weighted by Crippen LogP contribution is 2.36. The predicted molar refractivity (Wildman–Crippen MR) is 152 cm³/mol. The van der Waals surface area contributed by atoms with Gasteiger partial charge in [-0.2, -0.15) is 0 Å². The van der Waals surface area contributed by atoms with Crippen LogP contribution in [-0.4, -0.2) is 36.7 Å². The van der Waals surface area contributed by atoms with Gasteiger partial charge < -0.3 is 24.8 Å². The van der Waals surface area contributed by atoms with Gasteiger partial charge in [0.15, 0.2) is 0 Å². The van der Waals surface area contributed by atoms with E-state index in [0.717, 1.165) is 73.0 Å². The van der Waals surface area contributed by atoms with Crippen LogP contribution in [-0.2, 0) is 20.0 Å². The summed E-state index contributed by atoms with van der Waals surface area (Å²) < 4.78 is 9.19. The van der Waals surface area contributed by atoms with Crippen molar-refractivity contribution < 1.29 is 9.53 Å². The van der Waals surface area contributed by atoms with Crippen molar-refractivity contribution >= 4 is 38.8 Å². The Morgan fingerprint density at radius 3 is 2.78 bits per heavy atom. The van der Waals surface area contributed by atoms with Gasteiger partial charge in [-0.15, -0.1) is 11.3 Å². The zero-order valence-corrected chi connectivity index (χ0v) is 22.2. The number of aryl methyl sites for hydroxylation is 2. The number of ether oxygens (including phenoxy) is 1. The Bertz CT molecular complexity index is 1380. The molecule has 0 aliphatic carbocycles. The zero-order chi connectivity index (χ0) is 25.2. The molecule has 1 fully saturated rings. The Balaban J connectivity index is 1.16. The number of hydrogen-bond donors (Lipinski definition) is 2. The van der Waals surface area contributed by atoms with Crippen LogP contribution < -0.4 is 20.3 Å². The van der Waals surface area contributed by atoms with Gasteiger partial charge in [0, 0.05) is 20.1 Å². The lowest BCUT2D eigenvalue weighted by atomic mass is 9.99. The summed E-state index contributed by atoms with van der Waals surface area (Å²) >= 11 is 1.66. The van der Waals surface area contributed by atoms with Crippen molar-refractivity contribution in [3.8, 4) is 5.75 Å². The monoisotopic (exact) mass is 514 g/mol. The number of piperidine rings is 1. The van der Waals surface area contributed by atoms with Gasteiger partial charge in [-0.1, -0.05) is 24.3 Å². The molecule has 0 saturated carbocycles. The quantitative estimate of drug-likeness (QED) is 0.326. The van der Waals surface area contributed by atoms with Gasteiger partial charge in [-0.05, 0) is 91.5 Å². The number of hydrogen-bond acceptors (Lipinski definition) is 5. The van der Waals surface area contributed by atoms with Gasteiger partial charge in [0.25, 0.3) is 5.91 Å². The molecule has 0 radical (unpaired) electrons. The van der Waals surface area contributed by atoms with E-state index in [1.54, 1.807) is 11.3 Å². The van der Waals surface area contributed by atoms with Crippen molar-refractivity contribution in [2.24, 2.45) is 13.0 Å². The third kappa shape index (κ3) is 5.11. The number of amides is 1. The molecular formula is C30H34N4O2S. The third-order valence-corrected chi connectivity index (χ3v) is 8.55. The Morgan fingerprint density at radius 2 is 1.97 bits per heavy atom. The second-order valence-corrected chi connectivity index (χ2v) is 11.1. The maximum Gasteiger partial charge on any atom is 0.272 e. The molecule has 2 aromatic carbocycles. The zero-order valence-electron chi connectivity index (χ0n) is 21.3. The molecule has 0 spiro atoms. The first-order valence-corrected chi connectivity index (χ1v) is 14.2. The van der Waals surface area contributed by atoms with Crippen LogP contribution in [0, 0.1) is 5.92 Å². The number of para-hydroxylation sites is 1. The van der Waals surface area contributed by atoms with Crippen molar-refractivity contribution in [1.29, 1.82) is 0 Å². The number of carbonyl (C=O) groups excluding carboxylic acids is 1. The van der Waals surface area contributed by atoms with E-state index in [4.69, 9.17) is 4.74 Å². The number of nitrogens with zero attached hydrogens (tertiary/aromatic N) is 2. The Kier molecular flexibility index (Phi) is 6.89. The van der Waals surface area contributed by atoms with Crippen molar-refractivity contribution in [2.45, 2.75) is 32.2 Å². The summed E-state index contributed by atoms with van der Waals surface area (Å²) in [7, 11) is 1.95. The molecule has 4 heterocycles. The van der Waals surface area contributed by atoms with Crippen LogP contribution in [0.4, 0.5) is 11.4 Å². The normalized spacial score (nSPS) is 16.1. The highest BCUT2D eigenvalue weighted by atomic mass is 32.1. The number of benzene rings is 2. The minimum absolute atomic E-state index is 0.0694. The van der Waals surface area contributed by atoms with Crippen molar-refractivity contribution in [1.82, 2.24) is 9.88 Å². The van der Waals surface area contributed by atoms with Gasteiger partial charge in [0.1, 0.15) is 11.4 Å². The molecule has 2 aliphatic heterocycles. The summed E-state index contributed by atoms with van der Waals surface area (Å²) in [6, 6.07) is 18.8. The summed E-state index contributed by atoms with van der Waals surface area (Å²) in [5.74, 6) is 1.52. The third-order valence-electron chi connectivity index (χ3n) is 7.70. The number of aromatic nitrogens is 1. The van der Waals surface area contributed by atoms with Crippen LogP contribution in [0.15, 0.2) is 60.0 Å². The predicted octanol–water partition coefficient (Wildman–Crippen LogP) is 5.82. The first-order valence-electron chi connectivity index (χ1n) is 13.3. The summed E-state index contributed by atoms with van der Waals surface area (Å²) in [6.45, 7) is 4.75. The Labute approximate surface area is 222 Å². The Morgan fingerprint density at radius 1 is 1.14 bits per heavy atom. The molecule has 0 unspecified atom stereocenters. The molecule has 6 nitrogen and oxygen atoms in total. The van der Waals surface area contributed by atoms with Crippen LogP contribution in [0.25, 0.3) is 10.2 Å². The van der Waals surface area contributed by atoms with Crippen LogP contribution in [0.1, 0.15) is 40.9 Å². The maximum atomic E-state index is 13.3. The largest absolute Gasteiger partial charge is 0.493 e. The average molecular weight is 515 g/mol. The fourth-order valence-corrected chi connectivity index (χ4v) is 6.47. The molecule has 0 bridgehead atoms. The van der Waals surface area contributed by atoms with Gasteiger partial charge in [0.2, 0.25) is 0 Å². The number of carbonyl (C=O) groups is 1. The van der Waals surface area contributed by atoms with Gasteiger partial charge >= 0.3 is 0 Å². The van der Waals surface area contributed by atoms with Crippen molar-refractivity contribution in [3.63, 3.8) is 0 Å². The minimum Gasteiger partial charge on any atom is -0.493 e. The standard InChI is InChI=1S/C30H34N4O2S/c1-33-26-13-17-37-28(26)18-27(33)30(35)32-25-6-2-4-23-5-3-16-34(29(23)25)19-21-7-9-24(10-8-21)36-20-22-11-14-31-15-12-22/h2,4,6-10,13,17-18,22,31H,3,5,11-12,14-16,19-20H2,1H3,(H,32,35). The van der Waals surface area contributed by atoms with Crippen LogP contribution in [0.2, 0.25) is 0 Å². The molecule has 1 amide bonds. The molecule has 0 atom stereocenters. The maximum absolute atomic E-state index is 13.3. The SMILES string of the molecule is Cn1c(C(=O)Nc2cccc3c2N(Cc2ccc(OCC4CCNCC4)cc2)CCC3)cc2sccc21. The van der Waals surface area contributed by atoms with E-state index in [9.17, 15) is 4.79 Å². The number of thiophene rings is 1. The highest BCUT2D eigenvalue weighted by Gasteiger charge is 2.23. The summed E-state index contributed by atoms with van der Waals surface area (Å²) in [5, 5.41) is 8.70. The fourth-order valence-electron chi connectivity index (χ4n) is 5.63. The molecule has 2 aliphatic rings. The molecule has 192 valence electrons. The van der Waals surface area contributed by atoms with Gasteiger partial charge in [-0.25, -0.2) is 0 Å². The molecule has 2 aromatic heterocycles. The van der Waals surface area contributed by atoms with E-state index >= 15 is 0 Å². The van der Waals surface area contributed by atoms with Gasteiger partial charge in [-0.3, -0.25) is 4.79 Å². The lowest BCUT2D eigenvalue weighted by Gasteiger charge is -2.33. The van der Waals surface area contributed by atoms with Crippen molar-refractivity contribution in [3.05, 3.63) is 76.8 Å². The van der Waals surface area contributed by atoms with E-state index in [1.165, 1.54) is 24.0 Å². The molecule has 6 rings (SSSR count). The van der Waals surface area contributed by atoms with E-state index in [-0.39, 0.29) is 5.91 Å². The Hall–Kier alpha value is -3.29. The smallest absolute Gasteiger partial charge is 0.272 e. The van der Waals surface area contributed by atoms with Crippen LogP contribution in [0.3, 0.4) is 0 Å². The van der Waals surface area contributed by atoms with Crippen LogP contribution >= 0.6 is 11.3 Å². The van der Waals surface area contributed by atoms with Crippen molar-refractivity contribution in [2.75, 3.05) is 36.5 Å². The second-order valence-electron chi connectivity index (χ2n) is 10.2. The molecular weight excluding hydrogens is 480 g/mol. The number of fused-ring (bicyclic) bond motifs is 2. The summed E-state index contributed by atoms with van der Waals surface area (Å²) in [4.78, 5) is 15.7.